The third-order valence-electron chi connectivity index (χ3n) is 6.32. The van der Waals surface area contributed by atoms with Gasteiger partial charge in [0.1, 0.15) is 0 Å². The number of nitrogen functional groups attached to an aromatic ring is 1. The number of fused-ring (bicyclic) bond motifs is 2. The summed E-state index contributed by atoms with van der Waals surface area (Å²) in [6.07, 6.45) is 0.638. The molecule has 1 aliphatic heterocycles. The van der Waals surface area contributed by atoms with Crippen LogP contribution in [0, 0.1) is 0 Å². The highest BCUT2D eigenvalue weighted by Crippen LogP contribution is 2.26. The van der Waals surface area contributed by atoms with Gasteiger partial charge in [0.05, 0.1) is 24.5 Å². The van der Waals surface area contributed by atoms with Gasteiger partial charge in [-0.05, 0) is 23.4 Å². The standard InChI is InChI=1S/C24H24N6O3/c1-27-26-21-22(24(33)17-8-3-2-7-16(17)23(21)32)30(27)12-6-11-28-13-14-29(15-20(28)31)19-10-5-4-9-18(19)25/h2-5,7-10,25H,6,11-15H2,1H3/p+1. The van der Waals surface area contributed by atoms with Crippen molar-refractivity contribution in [3.05, 3.63) is 71.0 Å². The molecule has 3 aromatic rings. The lowest BCUT2D eigenvalue weighted by Gasteiger charge is -2.36. The van der Waals surface area contributed by atoms with Gasteiger partial charge in [0, 0.05) is 35.9 Å². The van der Waals surface area contributed by atoms with Gasteiger partial charge in [0.25, 0.3) is 0 Å². The summed E-state index contributed by atoms with van der Waals surface area (Å²) in [4.78, 5) is 44.1. The second-order valence-electron chi connectivity index (χ2n) is 8.33. The van der Waals surface area contributed by atoms with Crippen LogP contribution in [0.2, 0.25) is 0 Å². The van der Waals surface area contributed by atoms with Crippen molar-refractivity contribution >= 4 is 28.8 Å². The SMILES string of the molecule is C[n+]1nc2c(n1CCCN1CCN(c3ccccc3N)CC1=O)C(=O)c1ccccc1C2=O. The number of anilines is 2. The van der Waals surface area contributed by atoms with Gasteiger partial charge in [-0.3, -0.25) is 14.4 Å². The highest BCUT2D eigenvalue weighted by molar-refractivity contribution is 6.26. The van der Waals surface area contributed by atoms with Crippen molar-refractivity contribution in [3.8, 4) is 0 Å². The Bertz CT molecular complexity index is 1280. The average Bonchev–Trinajstić information content (AvgIpc) is 3.15. The summed E-state index contributed by atoms with van der Waals surface area (Å²) in [5.41, 5.74) is 8.90. The maximum absolute atomic E-state index is 13.1. The van der Waals surface area contributed by atoms with Crippen LogP contribution in [0.3, 0.4) is 0 Å². The second-order valence-corrected chi connectivity index (χ2v) is 8.33. The van der Waals surface area contributed by atoms with Crippen molar-refractivity contribution in [3.63, 3.8) is 0 Å². The van der Waals surface area contributed by atoms with Gasteiger partial charge in [0.15, 0.2) is 12.7 Å². The van der Waals surface area contributed by atoms with Crippen LogP contribution in [0.1, 0.15) is 38.5 Å². The smallest absolute Gasteiger partial charge is 0.242 e. The number of nitrogens with zero attached hydrogens (tertiary/aromatic N) is 5. The lowest BCUT2D eigenvalue weighted by Crippen LogP contribution is -2.51. The number of carbonyl (C=O) groups is 3. The fraction of sp³-hybridized carbons (Fsp3) is 0.292. The zero-order chi connectivity index (χ0) is 23.1. The number of hydrogen-bond donors (Lipinski definition) is 1. The van der Waals surface area contributed by atoms with E-state index in [9.17, 15) is 14.4 Å². The van der Waals surface area contributed by atoms with Crippen LogP contribution in [0.15, 0.2) is 48.5 Å². The summed E-state index contributed by atoms with van der Waals surface area (Å²) in [5.74, 6) is -0.388. The molecule has 1 aromatic heterocycles. The van der Waals surface area contributed by atoms with Crippen LogP contribution in [-0.4, -0.2) is 58.3 Å². The van der Waals surface area contributed by atoms with Crippen molar-refractivity contribution in [2.45, 2.75) is 13.0 Å². The number of amides is 1. The minimum atomic E-state index is -0.235. The maximum atomic E-state index is 13.1. The molecular formula is C24H25N6O3+. The molecule has 0 atom stereocenters. The van der Waals surface area contributed by atoms with Crippen LogP contribution >= 0.6 is 0 Å². The molecule has 33 heavy (non-hydrogen) atoms. The Morgan fingerprint density at radius 1 is 0.939 bits per heavy atom. The Balaban J connectivity index is 1.26. The van der Waals surface area contributed by atoms with E-state index in [1.807, 2.05) is 34.1 Å². The number of carbonyl (C=O) groups excluding carboxylic acids is 3. The largest absolute Gasteiger partial charge is 0.397 e. The molecule has 0 spiro atoms. The quantitative estimate of drug-likeness (QED) is 0.360. The van der Waals surface area contributed by atoms with Crippen molar-refractivity contribution in [2.24, 2.45) is 7.05 Å². The number of aromatic nitrogens is 3. The number of nitrogens with two attached hydrogens (primary N) is 1. The van der Waals surface area contributed by atoms with Gasteiger partial charge in [-0.2, -0.15) is 0 Å². The Morgan fingerprint density at radius 2 is 1.64 bits per heavy atom. The van der Waals surface area contributed by atoms with E-state index < -0.39 is 0 Å². The van der Waals surface area contributed by atoms with E-state index in [1.54, 1.807) is 40.8 Å². The molecule has 2 N–H and O–H groups in total. The minimum absolute atomic E-state index is 0.0433. The zero-order valence-corrected chi connectivity index (χ0v) is 18.4. The van der Waals surface area contributed by atoms with Crippen molar-refractivity contribution in [2.75, 3.05) is 36.8 Å². The molecule has 2 heterocycles. The van der Waals surface area contributed by atoms with E-state index in [0.29, 0.717) is 55.1 Å². The summed E-state index contributed by atoms with van der Waals surface area (Å²) in [6, 6.07) is 14.4. The summed E-state index contributed by atoms with van der Waals surface area (Å²) in [6.45, 7) is 2.62. The first-order chi connectivity index (χ1) is 16.0. The predicted octanol–water partition coefficient (Wildman–Crippen LogP) is 0.804. The highest BCUT2D eigenvalue weighted by Gasteiger charge is 2.39. The van der Waals surface area contributed by atoms with Crippen LogP contribution in [0.25, 0.3) is 0 Å². The molecular weight excluding hydrogens is 420 g/mol. The number of ketones is 2. The number of para-hydroxylation sites is 2. The third-order valence-corrected chi connectivity index (χ3v) is 6.32. The van der Waals surface area contributed by atoms with Crippen molar-refractivity contribution in [1.82, 2.24) is 14.7 Å². The number of rotatable bonds is 5. The van der Waals surface area contributed by atoms with Crippen LogP contribution in [-0.2, 0) is 18.4 Å². The van der Waals surface area contributed by atoms with E-state index in [-0.39, 0.29) is 29.7 Å². The molecule has 5 rings (SSSR count). The first kappa shape index (κ1) is 20.9. The van der Waals surface area contributed by atoms with E-state index in [0.717, 1.165) is 5.69 Å². The third kappa shape index (κ3) is 3.55. The molecule has 2 aliphatic rings. The van der Waals surface area contributed by atoms with Crippen molar-refractivity contribution in [1.29, 1.82) is 0 Å². The lowest BCUT2D eigenvalue weighted by molar-refractivity contribution is -0.805. The summed E-state index contributed by atoms with van der Waals surface area (Å²) in [7, 11) is 1.72. The monoisotopic (exact) mass is 445 g/mol. The van der Waals surface area contributed by atoms with Crippen molar-refractivity contribution < 1.29 is 19.2 Å². The summed E-state index contributed by atoms with van der Waals surface area (Å²) in [5, 5.41) is 4.32. The Hall–Kier alpha value is -4.01. The van der Waals surface area contributed by atoms with Crippen LogP contribution in [0.5, 0.6) is 0 Å². The van der Waals surface area contributed by atoms with E-state index in [1.165, 1.54) is 0 Å². The number of hydrogen-bond acceptors (Lipinski definition) is 6. The molecule has 1 saturated heterocycles. The molecule has 0 saturated carbocycles. The summed E-state index contributed by atoms with van der Waals surface area (Å²) < 4.78 is 1.73. The molecule has 168 valence electrons. The highest BCUT2D eigenvalue weighted by atomic mass is 16.2. The van der Waals surface area contributed by atoms with Crippen LogP contribution in [0.4, 0.5) is 11.4 Å². The van der Waals surface area contributed by atoms with Gasteiger partial charge in [-0.25, -0.2) is 0 Å². The Labute approximate surface area is 191 Å². The molecule has 9 nitrogen and oxygen atoms in total. The van der Waals surface area contributed by atoms with Gasteiger partial charge in [0.2, 0.25) is 23.2 Å². The van der Waals surface area contributed by atoms with Gasteiger partial charge in [-0.1, -0.05) is 36.4 Å². The van der Waals surface area contributed by atoms with Gasteiger partial charge in [-0.15, -0.1) is 4.68 Å². The van der Waals surface area contributed by atoms with Gasteiger partial charge < -0.3 is 15.5 Å². The molecule has 0 bridgehead atoms. The minimum Gasteiger partial charge on any atom is -0.397 e. The molecule has 0 radical (unpaired) electrons. The zero-order valence-electron chi connectivity index (χ0n) is 18.4. The Kier molecular flexibility index (Phi) is 5.16. The second kappa shape index (κ2) is 8.16. The predicted molar refractivity (Wildman–Crippen MR) is 121 cm³/mol. The average molecular weight is 446 g/mol. The normalized spacial score (nSPS) is 15.6. The van der Waals surface area contributed by atoms with Crippen LogP contribution < -0.4 is 15.4 Å². The molecule has 1 amide bonds. The van der Waals surface area contributed by atoms with E-state index in [2.05, 4.69) is 5.10 Å². The molecule has 2 aromatic carbocycles. The fourth-order valence-corrected chi connectivity index (χ4v) is 4.62. The van der Waals surface area contributed by atoms with E-state index in [4.69, 9.17) is 5.73 Å². The van der Waals surface area contributed by atoms with E-state index >= 15 is 0 Å². The number of aryl methyl sites for hydroxylation is 1. The molecule has 9 heteroatoms. The maximum Gasteiger partial charge on any atom is 0.242 e. The number of piperazine rings is 1. The molecule has 0 unspecified atom stereocenters. The molecule has 1 fully saturated rings. The Morgan fingerprint density at radius 3 is 2.36 bits per heavy atom. The van der Waals surface area contributed by atoms with Gasteiger partial charge >= 0.3 is 0 Å². The first-order valence-electron chi connectivity index (χ1n) is 11.0. The fourth-order valence-electron chi connectivity index (χ4n) is 4.62. The summed E-state index contributed by atoms with van der Waals surface area (Å²) >= 11 is 0. The lowest BCUT2D eigenvalue weighted by atomic mass is 9.90. The molecule has 1 aliphatic carbocycles. The topological polar surface area (TPSA) is 105 Å². The first-order valence-corrected chi connectivity index (χ1v) is 11.0. The number of benzene rings is 2.